The summed E-state index contributed by atoms with van der Waals surface area (Å²) in [6.45, 7) is 16.0. The minimum Gasteiger partial charge on any atom is -0.422 e. The van der Waals surface area contributed by atoms with Crippen molar-refractivity contribution >= 4 is 33.3 Å². The van der Waals surface area contributed by atoms with E-state index in [-0.39, 0.29) is 0 Å². The quantitative estimate of drug-likeness (QED) is 0.191. The lowest BCUT2D eigenvalue weighted by atomic mass is 9.98. The highest BCUT2D eigenvalue weighted by molar-refractivity contribution is 5.90. The van der Waals surface area contributed by atoms with Gasteiger partial charge >= 0.3 is 11.3 Å². The molecule has 0 atom stereocenters. The van der Waals surface area contributed by atoms with Gasteiger partial charge in [-0.2, -0.15) is 0 Å². The van der Waals surface area contributed by atoms with E-state index < -0.39 is 11.3 Å². The normalized spacial score (nSPS) is 11.3. The van der Waals surface area contributed by atoms with Crippen LogP contribution < -0.4 is 21.1 Å². The molecule has 0 aliphatic carbocycles. The van der Waals surface area contributed by atoms with Crippen LogP contribution in [0.2, 0.25) is 0 Å². The molecule has 2 aromatic heterocycles. The van der Waals surface area contributed by atoms with Crippen molar-refractivity contribution in [3.8, 4) is 22.3 Å². The second-order valence-corrected chi connectivity index (χ2v) is 10.2. The Morgan fingerprint density at radius 3 is 1.35 bits per heavy atom. The lowest BCUT2D eigenvalue weighted by molar-refractivity contribution is 0.563. The van der Waals surface area contributed by atoms with E-state index in [4.69, 9.17) is 8.83 Å². The van der Waals surface area contributed by atoms with Gasteiger partial charge < -0.3 is 18.6 Å². The third-order valence-electron chi connectivity index (χ3n) is 7.83. The first-order valence-corrected chi connectivity index (χ1v) is 14.1. The zero-order chi connectivity index (χ0) is 28.6. The van der Waals surface area contributed by atoms with Crippen molar-refractivity contribution in [1.29, 1.82) is 0 Å². The van der Waals surface area contributed by atoms with Crippen LogP contribution in [-0.2, 0) is 0 Å². The van der Waals surface area contributed by atoms with E-state index in [9.17, 15) is 9.59 Å². The zero-order valence-electron chi connectivity index (χ0n) is 24.1. The fraction of sp³-hybridized carbons (Fsp3) is 0.294. The standard InChI is InChI=1S/C34H36N2O4/c1-7-35(8-2)25-14-21(5)27-19-29(33(37)39-31(27)17-25)23-12-11-13-24(16-23)30-20-28-22(6)15-26(36(9-3)10-4)18-32(28)40-34(30)38/h11-20H,7-10H2,1-6H3. The molecule has 0 fully saturated rings. The van der Waals surface area contributed by atoms with E-state index >= 15 is 0 Å². The van der Waals surface area contributed by atoms with Gasteiger partial charge in [-0.05, 0) is 94.1 Å². The minimum absolute atomic E-state index is 0.411. The Labute approximate surface area is 234 Å². The van der Waals surface area contributed by atoms with Crippen molar-refractivity contribution in [2.75, 3.05) is 36.0 Å². The molecule has 0 unspecified atom stereocenters. The summed E-state index contributed by atoms with van der Waals surface area (Å²) in [6.07, 6.45) is 0. The third-order valence-corrected chi connectivity index (χ3v) is 7.83. The van der Waals surface area contributed by atoms with Crippen LogP contribution in [0.1, 0.15) is 38.8 Å². The van der Waals surface area contributed by atoms with E-state index in [1.165, 1.54) is 0 Å². The Bertz CT molecular complexity index is 1690. The number of rotatable bonds is 8. The van der Waals surface area contributed by atoms with Gasteiger partial charge in [0.2, 0.25) is 0 Å². The topological polar surface area (TPSA) is 66.9 Å². The molecule has 5 rings (SSSR count). The Morgan fingerprint density at radius 2 is 0.975 bits per heavy atom. The molecule has 0 aliphatic heterocycles. The monoisotopic (exact) mass is 536 g/mol. The number of anilines is 2. The highest BCUT2D eigenvalue weighted by atomic mass is 16.4. The van der Waals surface area contributed by atoms with E-state index in [1.807, 2.05) is 62.4 Å². The van der Waals surface area contributed by atoms with Gasteiger partial charge in [-0.1, -0.05) is 18.2 Å². The predicted molar refractivity (Wildman–Crippen MR) is 166 cm³/mol. The summed E-state index contributed by atoms with van der Waals surface area (Å²) in [4.78, 5) is 30.8. The van der Waals surface area contributed by atoms with Gasteiger partial charge in [-0.3, -0.25) is 0 Å². The molecule has 3 aromatic carbocycles. The fourth-order valence-corrected chi connectivity index (χ4v) is 5.55. The SMILES string of the molecule is CCN(CC)c1cc(C)c2cc(-c3cccc(-c4cc5c(C)cc(N(CC)CC)cc5oc4=O)c3)c(=O)oc2c1. The Kier molecular flexibility index (Phi) is 7.53. The third kappa shape index (κ3) is 4.90. The number of fused-ring (bicyclic) bond motifs is 2. The van der Waals surface area contributed by atoms with E-state index in [1.54, 1.807) is 0 Å². The van der Waals surface area contributed by atoms with Crippen molar-refractivity contribution in [2.24, 2.45) is 0 Å². The van der Waals surface area contributed by atoms with Gasteiger partial charge in [0.15, 0.2) is 0 Å². The van der Waals surface area contributed by atoms with E-state index in [2.05, 4.69) is 49.6 Å². The summed E-state index contributed by atoms with van der Waals surface area (Å²) >= 11 is 0. The fourth-order valence-electron chi connectivity index (χ4n) is 5.55. The first-order chi connectivity index (χ1) is 19.3. The molecule has 6 heteroatoms. The van der Waals surface area contributed by atoms with Gasteiger partial charge in [-0.25, -0.2) is 9.59 Å². The molecule has 206 valence electrons. The maximum absolute atomic E-state index is 13.2. The highest BCUT2D eigenvalue weighted by Gasteiger charge is 2.16. The number of benzene rings is 3. The molecule has 0 saturated heterocycles. The molecule has 0 aliphatic rings. The molecule has 0 saturated carbocycles. The number of hydrogen-bond acceptors (Lipinski definition) is 6. The Hall–Kier alpha value is -4.32. The smallest absolute Gasteiger partial charge is 0.344 e. The molecular weight excluding hydrogens is 500 g/mol. The van der Waals surface area contributed by atoms with Crippen LogP contribution in [0.3, 0.4) is 0 Å². The molecule has 0 radical (unpaired) electrons. The molecule has 0 spiro atoms. The van der Waals surface area contributed by atoms with Crippen LogP contribution in [0.15, 0.2) is 79.1 Å². The van der Waals surface area contributed by atoms with Gasteiger partial charge in [-0.15, -0.1) is 0 Å². The van der Waals surface area contributed by atoms with Crippen molar-refractivity contribution in [1.82, 2.24) is 0 Å². The Morgan fingerprint density at radius 1 is 0.575 bits per heavy atom. The molecule has 0 amide bonds. The average Bonchev–Trinajstić information content (AvgIpc) is 2.94. The summed E-state index contributed by atoms with van der Waals surface area (Å²) in [7, 11) is 0. The maximum Gasteiger partial charge on any atom is 0.344 e. The molecule has 40 heavy (non-hydrogen) atoms. The largest absolute Gasteiger partial charge is 0.422 e. The van der Waals surface area contributed by atoms with Crippen LogP contribution >= 0.6 is 0 Å². The van der Waals surface area contributed by atoms with E-state index in [0.717, 1.165) is 59.5 Å². The Balaban J connectivity index is 1.60. The molecule has 0 bridgehead atoms. The lowest BCUT2D eigenvalue weighted by Crippen LogP contribution is -2.21. The van der Waals surface area contributed by atoms with Gasteiger partial charge in [0, 0.05) is 60.5 Å². The molecule has 5 aromatic rings. The van der Waals surface area contributed by atoms with Gasteiger partial charge in [0.25, 0.3) is 0 Å². The number of nitrogens with zero attached hydrogens (tertiary/aromatic N) is 2. The number of hydrogen-bond donors (Lipinski definition) is 0. The van der Waals surface area contributed by atoms with Crippen molar-refractivity contribution < 1.29 is 8.83 Å². The second-order valence-electron chi connectivity index (χ2n) is 10.2. The number of aryl methyl sites for hydroxylation is 2. The second kappa shape index (κ2) is 11.0. The summed E-state index contributed by atoms with van der Waals surface area (Å²) in [5, 5.41) is 1.78. The predicted octanol–water partition coefficient (Wildman–Crippen LogP) is 7.54. The van der Waals surface area contributed by atoms with Gasteiger partial charge in [0.05, 0.1) is 11.1 Å². The van der Waals surface area contributed by atoms with Crippen LogP contribution in [0.25, 0.3) is 44.2 Å². The minimum atomic E-state index is -0.411. The van der Waals surface area contributed by atoms with Crippen molar-refractivity contribution in [3.63, 3.8) is 0 Å². The first-order valence-electron chi connectivity index (χ1n) is 14.1. The molecule has 2 heterocycles. The maximum atomic E-state index is 13.2. The zero-order valence-corrected chi connectivity index (χ0v) is 24.1. The van der Waals surface area contributed by atoms with Crippen LogP contribution in [0, 0.1) is 13.8 Å². The summed E-state index contributed by atoms with van der Waals surface area (Å²) in [5.74, 6) is 0. The van der Waals surface area contributed by atoms with Crippen LogP contribution in [0.5, 0.6) is 0 Å². The summed E-state index contributed by atoms with van der Waals surface area (Å²) in [5.41, 5.74) is 6.76. The average molecular weight is 537 g/mol. The van der Waals surface area contributed by atoms with Crippen LogP contribution in [0.4, 0.5) is 11.4 Å². The van der Waals surface area contributed by atoms with Crippen molar-refractivity contribution in [2.45, 2.75) is 41.5 Å². The highest BCUT2D eigenvalue weighted by Crippen LogP contribution is 2.32. The lowest BCUT2D eigenvalue weighted by Gasteiger charge is -2.22. The molecular formula is C34H36N2O4. The first kappa shape index (κ1) is 27.3. The van der Waals surface area contributed by atoms with Gasteiger partial charge in [0.1, 0.15) is 11.2 Å². The van der Waals surface area contributed by atoms with Crippen molar-refractivity contribution in [3.05, 3.63) is 92.6 Å². The van der Waals surface area contributed by atoms with E-state index in [0.29, 0.717) is 33.4 Å². The molecule has 0 N–H and O–H groups in total. The molecule has 6 nitrogen and oxygen atoms in total. The summed E-state index contributed by atoms with van der Waals surface area (Å²) < 4.78 is 11.7. The summed E-state index contributed by atoms with van der Waals surface area (Å²) in [6, 6.07) is 19.4. The van der Waals surface area contributed by atoms with Crippen LogP contribution in [-0.4, -0.2) is 26.2 Å².